The quantitative estimate of drug-likeness (QED) is 0.371. The van der Waals surface area contributed by atoms with Crippen LogP contribution < -0.4 is 0 Å². The van der Waals surface area contributed by atoms with E-state index in [1.807, 2.05) is 39.8 Å². The fourth-order valence-electron chi connectivity index (χ4n) is 1.35. The summed E-state index contributed by atoms with van der Waals surface area (Å²) in [6, 6.07) is 0. The Bertz CT molecular complexity index is 179. The van der Waals surface area contributed by atoms with Crippen LogP contribution in [0.4, 0.5) is 0 Å². The van der Waals surface area contributed by atoms with E-state index < -0.39 is 0 Å². The Balaban J connectivity index is 4.44. The molecule has 0 aromatic rings. The van der Waals surface area contributed by atoms with E-state index in [1.165, 1.54) is 0 Å². The number of hydrogen-bond acceptors (Lipinski definition) is 3. The minimum atomic E-state index is -0.275. The third-order valence-electron chi connectivity index (χ3n) is 1.98. The number of allylic oxidation sites excluding steroid dienone is 1. The maximum absolute atomic E-state index is 5.62. The van der Waals surface area contributed by atoms with E-state index >= 15 is 0 Å². The summed E-state index contributed by atoms with van der Waals surface area (Å²) in [5.74, 6) is 0. The first-order valence-electron chi connectivity index (χ1n) is 5.82. The van der Waals surface area contributed by atoms with Gasteiger partial charge in [-0.1, -0.05) is 28.1 Å². The van der Waals surface area contributed by atoms with Crippen LogP contribution >= 0.6 is 15.9 Å². The van der Waals surface area contributed by atoms with Gasteiger partial charge in [0.2, 0.25) is 0 Å². The van der Waals surface area contributed by atoms with Gasteiger partial charge < -0.3 is 14.2 Å². The molecule has 0 N–H and O–H groups in total. The monoisotopic (exact) mass is 294 g/mol. The van der Waals surface area contributed by atoms with E-state index in [0.29, 0.717) is 19.8 Å². The lowest BCUT2D eigenvalue weighted by Gasteiger charge is -2.27. The van der Waals surface area contributed by atoms with Crippen molar-refractivity contribution < 1.29 is 14.2 Å². The number of ether oxygens (including phenoxy) is 3. The molecule has 0 radical (unpaired) electrons. The summed E-state index contributed by atoms with van der Waals surface area (Å²) in [4.78, 5) is 0.00329. The predicted molar refractivity (Wildman–Crippen MR) is 70.0 cm³/mol. The molecule has 0 aliphatic rings. The minimum Gasteiger partial charge on any atom is -0.373 e. The van der Waals surface area contributed by atoms with Gasteiger partial charge >= 0.3 is 0 Å². The fourth-order valence-corrected chi connectivity index (χ4v) is 1.99. The summed E-state index contributed by atoms with van der Waals surface area (Å²) >= 11 is 3.59. The van der Waals surface area contributed by atoms with Gasteiger partial charge in [0, 0.05) is 19.8 Å². The van der Waals surface area contributed by atoms with Crippen molar-refractivity contribution in [3.8, 4) is 0 Å². The second-order valence-corrected chi connectivity index (χ2v) is 4.23. The van der Waals surface area contributed by atoms with Crippen molar-refractivity contribution in [1.29, 1.82) is 0 Å². The maximum atomic E-state index is 5.62. The first kappa shape index (κ1) is 16.1. The minimum absolute atomic E-state index is 0.00329. The zero-order valence-corrected chi connectivity index (χ0v) is 12.2. The standard InChI is InChI=1S/C12H23BrO3/c1-5-9-10(14-6-2)11(13)12(15-7-3)16-8-4/h5,9-12H,6-8H2,1-4H3/b9-5+. The highest BCUT2D eigenvalue weighted by molar-refractivity contribution is 9.09. The van der Waals surface area contributed by atoms with E-state index in [0.717, 1.165) is 0 Å². The molecule has 0 rings (SSSR count). The molecule has 0 saturated heterocycles. The molecule has 0 aromatic carbocycles. The Morgan fingerprint density at radius 3 is 1.88 bits per heavy atom. The largest absolute Gasteiger partial charge is 0.373 e. The second kappa shape index (κ2) is 10.3. The van der Waals surface area contributed by atoms with E-state index in [2.05, 4.69) is 15.9 Å². The third kappa shape index (κ3) is 5.99. The zero-order valence-electron chi connectivity index (χ0n) is 10.6. The molecule has 3 nitrogen and oxygen atoms in total. The van der Waals surface area contributed by atoms with Gasteiger partial charge in [0.25, 0.3) is 0 Å². The van der Waals surface area contributed by atoms with Gasteiger partial charge in [-0.3, -0.25) is 0 Å². The van der Waals surface area contributed by atoms with Crippen LogP contribution in [-0.2, 0) is 14.2 Å². The molecule has 0 heterocycles. The number of alkyl halides is 1. The second-order valence-electron chi connectivity index (χ2n) is 3.17. The Labute approximate surface area is 107 Å². The Hall–Kier alpha value is 0.100. The first-order chi connectivity index (χ1) is 7.71. The highest BCUT2D eigenvalue weighted by Gasteiger charge is 2.27. The Morgan fingerprint density at radius 1 is 1.00 bits per heavy atom. The van der Waals surface area contributed by atoms with Crippen LogP contribution in [0.3, 0.4) is 0 Å². The average Bonchev–Trinajstić information content (AvgIpc) is 2.27. The van der Waals surface area contributed by atoms with Gasteiger partial charge in [0.05, 0.1) is 10.9 Å². The molecule has 4 heteroatoms. The van der Waals surface area contributed by atoms with Gasteiger partial charge in [-0.15, -0.1) is 0 Å². The number of halogens is 1. The van der Waals surface area contributed by atoms with Crippen LogP contribution in [0.1, 0.15) is 27.7 Å². The number of hydrogen-bond donors (Lipinski definition) is 0. The molecule has 0 amide bonds. The summed E-state index contributed by atoms with van der Waals surface area (Å²) in [7, 11) is 0. The lowest BCUT2D eigenvalue weighted by atomic mass is 10.2. The normalized spacial score (nSPS) is 15.9. The van der Waals surface area contributed by atoms with Crippen molar-refractivity contribution >= 4 is 15.9 Å². The molecule has 0 spiro atoms. The molecular weight excluding hydrogens is 272 g/mol. The molecule has 2 atom stereocenters. The van der Waals surface area contributed by atoms with Gasteiger partial charge in [0.15, 0.2) is 6.29 Å². The Morgan fingerprint density at radius 2 is 1.50 bits per heavy atom. The SMILES string of the molecule is C/C=C/C(OCC)C(Br)C(OCC)OCC. The van der Waals surface area contributed by atoms with Crippen molar-refractivity contribution in [3.63, 3.8) is 0 Å². The highest BCUT2D eigenvalue weighted by Crippen LogP contribution is 2.19. The number of rotatable bonds is 9. The van der Waals surface area contributed by atoms with Crippen LogP contribution in [0.5, 0.6) is 0 Å². The van der Waals surface area contributed by atoms with Gasteiger partial charge in [-0.25, -0.2) is 0 Å². The summed E-state index contributed by atoms with van der Waals surface area (Å²) < 4.78 is 16.7. The molecule has 16 heavy (non-hydrogen) atoms. The van der Waals surface area contributed by atoms with Crippen molar-refractivity contribution in [1.82, 2.24) is 0 Å². The van der Waals surface area contributed by atoms with E-state index in [9.17, 15) is 0 Å². The van der Waals surface area contributed by atoms with Crippen LogP contribution in [-0.4, -0.2) is 37.0 Å². The summed E-state index contributed by atoms with van der Waals surface area (Å²) in [6.45, 7) is 9.79. The fraction of sp³-hybridized carbons (Fsp3) is 0.833. The van der Waals surface area contributed by atoms with Crippen LogP contribution in [0, 0.1) is 0 Å². The lowest BCUT2D eigenvalue weighted by molar-refractivity contribution is -0.146. The van der Waals surface area contributed by atoms with Gasteiger partial charge in [-0.2, -0.15) is 0 Å². The molecule has 96 valence electrons. The summed E-state index contributed by atoms with van der Waals surface area (Å²) in [5.41, 5.74) is 0. The summed E-state index contributed by atoms with van der Waals surface area (Å²) in [5, 5.41) is 0. The molecule has 0 fully saturated rings. The lowest BCUT2D eigenvalue weighted by Crippen LogP contribution is -2.37. The maximum Gasteiger partial charge on any atom is 0.172 e. The van der Waals surface area contributed by atoms with Crippen LogP contribution in [0.2, 0.25) is 0 Å². The van der Waals surface area contributed by atoms with Crippen LogP contribution in [0.25, 0.3) is 0 Å². The first-order valence-corrected chi connectivity index (χ1v) is 6.74. The molecule has 0 aromatic heterocycles. The smallest absolute Gasteiger partial charge is 0.172 e. The van der Waals surface area contributed by atoms with Crippen LogP contribution in [0.15, 0.2) is 12.2 Å². The van der Waals surface area contributed by atoms with E-state index in [-0.39, 0.29) is 17.2 Å². The highest BCUT2D eigenvalue weighted by atomic mass is 79.9. The van der Waals surface area contributed by atoms with Crippen molar-refractivity contribution in [2.45, 2.75) is 44.9 Å². The molecule has 0 saturated carbocycles. The van der Waals surface area contributed by atoms with Gasteiger partial charge in [-0.05, 0) is 27.7 Å². The van der Waals surface area contributed by atoms with Crippen molar-refractivity contribution in [2.75, 3.05) is 19.8 Å². The van der Waals surface area contributed by atoms with Crippen molar-refractivity contribution in [2.24, 2.45) is 0 Å². The molecule has 0 aliphatic heterocycles. The third-order valence-corrected chi connectivity index (χ3v) is 2.93. The predicted octanol–water partition coefficient (Wildman–Crippen LogP) is 3.13. The van der Waals surface area contributed by atoms with E-state index in [4.69, 9.17) is 14.2 Å². The molecule has 0 aliphatic carbocycles. The topological polar surface area (TPSA) is 27.7 Å². The molecule has 2 unspecified atom stereocenters. The van der Waals surface area contributed by atoms with Crippen molar-refractivity contribution in [3.05, 3.63) is 12.2 Å². The average molecular weight is 295 g/mol. The molecule has 0 bridgehead atoms. The van der Waals surface area contributed by atoms with E-state index in [1.54, 1.807) is 0 Å². The Kier molecular flexibility index (Phi) is 10.3. The summed E-state index contributed by atoms with van der Waals surface area (Å²) in [6.07, 6.45) is 3.68. The molecular formula is C12H23BrO3. The zero-order chi connectivity index (χ0) is 12.4. The van der Waals surface area contributed by atoms with Gasteiger partial charge in [0.1, 0.15) is 0 Å².